The summed E-state index contributed by atoms with van der Waals surface area (Å²) in [5.41, 5.74) is 3.01. The summed E-state index contributed by atoms with van der Waals surface area (Å²) in [4.78, 5) is 17.0. The second-order valence-electron chi connectivity index (χ2n) is 5.33. The van der Waals surface area contributed by atoms with Crippen molar-refractivity contribution in [2.75, 3.05) is 5.32 Å². The SMILES string of the molecule is Cc1cc(C(=O)Nc2n[nH]c3ccccc23)c2c(C)noc2n1. The monoisotopic (exact) mass is 307 g/mol. The van der Waals surface area contributed by atoms with E-state index in [0.29, 0.717) is 33.9 Å². The number of carbonyl (C=O) groups is 1. The number of hydrogen-bond acceptors (Lipinski definition) is 5. The van der Waals surface area contributed by atoms with Gasteiger partial charge in [-0.25, -0.2) is 4.98 Å². The van der Waals surface area contributed by atoms with E-state index in [2.05, 4.69) is 25.7 Å². The summed E-state index contributed by atoms with van der Waals surface area (Å²) in [6.07, 6.45) is 0. The molecule has 0 unspecified atom stereocenters. The van der Waals surface area contributed by atoms with Crippen molar-refractivity contribution in [3.05, 3.63) is 47.3 Å². The van der Waals surface area contributed by atoms with E-state index >= 15 is 0 Å². The number of nitrogens with one attached hydrogen (secondary N) is 2. The molecular formula is C16H13N5O2. The lowest BCUT2D eigenvalue weighted by Gasteiger charge is -2.05. The van der Waals surface area contributed by atoms with Crippen LogP contribution in [0.3, 0.4) is 0 Å². The van der Waals surface area contributed by atoms with E-state index in [0.717, 1.165) is 10.9 Å². The molecule has 3 heterocycles. The fraction of sp³-hybridized carbons (Fsp3) is 0.125. The van der Waals surface area contributed by atoms with Gasteiger partial charge in [-0.1, -0.05) is 17.3 Å². The first-order valence-corrected chi connectivity index (χ1v) is 7.11. The van der Waals surface area contributed by atoms with Gasteiger partial charge in [-0.3, -0.25) is 9.89 Å². The number of aromatic amines is 1. The van der Waals surface area contributed by atoms with E-state index in [1.807, 2.05) is 24.3 Å². The van der Waals surface area contributed by atoms with Crippen LogP contribution in [0.15, 0.2) is 34.9 Å². The smallest absolute Gasteiger partial charge is 0.258 e. The average Bonchev–Trinajstić information content (AvgIpc) is 3.11. The van der Waals surface area contributed by atoms with Gasteiger partial charge in [0.1, 0.15) is 0 Å². The van der Waals surface area contributed by atoms with Crippen LogP contribution in [0, 0.1) is 13.8 Å². The molecule has 114 valence electrons. The Morgan fingerprint density at radius 3 is 2.96 bits per heavy atom. The Morgan fingerprint density at radius 1 is 1.26 bits per heavy atom. The number of para-hydroxylation sites is 1. The van der Waals surface area contributed by atoms with Crippen molar-refractivity contribution >= 4 is 33.7 Å². The molecule has 4 rings (SSSR count). The van der Waals surface area contributed by atoms with Crippen molar-refractivity contribution in [2.45, 2.75) is 13.8 Å². The van der Waals surface area contributed by atoms with E-state index < -0.39 is 0 Å². The number of benzene rings is 1. The van der Waals surface area contributed by atoms with Crippen molar-refractivity contribution in [3.8, 4) is 0 Å². The van der Waals surface area contributed by atoms with Gasteiger partial charge in [0.2, 0.25) is 0 Å². The van der Waals surface area contributed by atoms with E-state index in [-0.39, 0.29) is 5.91 Å². The average molecular weight is 307 g/mol. The number of aromatic nitrogens is 4. The fourth-order valence-corrected chi connectivity index (χ4v) is 2.63. The van der Waals surface area contributed by atoms with Gasteiger partial charge in [0.05, 0.1) is 22.2 Å². The van der Waals surface area contributed by atoms with Gasteiger partial charge in [-0.15, -0.1) is 0 Å². The number of nitrogens with zero attached hydrogens (tertiary/aromatic N) is 3. The van der Waals surface area contributed by atoms with Crippen LogP contribution in [0.25, 0.3) is 22.0 Å². The van der Waals surface area contributed by atoms with E-state index in [4.69, 9.17) is 4.52 Å². The normalized spacial score (nSPS) is 11.2. The molecule has 0 bridgehead atoms. The maximum atomic E-state index is 12.7. The molecule has 7 heteroatoms. The quantitative estimate of drug-likeness (QED) is 0.593. The molecule has 0 fully saturated rings. The largest absolute Gasteiger partial charge is 0.336 e. The van der Waals surface area contributed by atoms with Crippen molar-refractivity contribution in [1.82, 2.24) is 20.3 Å². The second-order valence-corrected chi connectivity index (χ2v) is 5.33. The lowest BCUT2D eigenvalue weighted by Crippen LogP contribution is -2.13. The maximum Gasteiger partial charge on any atom is 0.258 e. The molecule has 0 radical (unpaired) electrons. The van der Waals surface area contributed by atoms with Gasteiger partial charge in [0, 0.05) is 11.1 Å². The minimum Gasteiger partial charge on any atom is -0.336 e. The summed E-state index contributed by atoms with van der Waals surface area (Å²) in [6, 6.07) is 9.31. The van der Waals surface area contributed by atoms with Crippen molar-refractivity contribution in [2.24, 2.45) is 0 Å². The Bertz CT molecular complexity index is 1050. The van der Waals surface area contributed by atoms with E-state index in [9.17, 15) is 4.79 Å². The molecule has 23 heavy (non-hydrogen) atoms. The molecule has 4 aromatic rings. The predicted molar refractivity (Wildman–Crippen MR) is 85.3 cm³/mol. The molecule has 1 amide bonds. The van der Waals surface area contributed by atoms with E-state index in [1.54, 1.807) is 19.9 Å². The highest BCUT2D eigenvalue weighted by Gasteiger charge is 2.19. The minimum atomic E-state index is -0.274. The first kappa shape index (κ1) is 13.4. The Morgan fingerprint density at radius 2 is 2.09 bits per heavy atom. The Hall–Kier alpha value is -3.22. The number of aryl methyl sites for hydroxylation is 2. The summed E-state index contributed by atoms with van der Waals surface area (Å²) in [5.74, 6) is 0.214. The van der Waals surface area contributed by atoms with Gasteiger partial charge in [0.25, 0.3) is 11.6 Å². The van der Waals surface area contributed by atoms with Crippen LogP contribution in [0.2, 0.25) is 0 Å². The zero-order valence-electron chi connectivity index (χ0n) is 12.5. The zero-order valence-corrected chi connectivity index (χ0v) is 12.5. The third-order valence-corrected chi connectivity index (χ3v) is 3.69. The number of rotatable bonds is 2. The van der Waals surface area contributed by atoms with Gasteiger partial charge in [-0.05, 0) is 32.0 Å². The number of hydrogen-bond donors (Lipinski definition) is 2. The lowest BCUT2D eigenvalue weighted by molar-refractivity contribution is 0.102. The molecule has 0 saturated heterocycles. The van der Waals surface area contributed by atoms with Crippen LogP contribution in [-0.2, 0) is 0 Å². The fourth-order valence-electron chi connectivity index (χ4n) is 2.63. The van der Waals surface area contributed by atoms with Crippen LogP contribution >= 0.6 is 0 Å². The zero-order chi connectivity index (χ0) is 16.0. The molecule has 0 aliphatic heterocycles. The Balaban J connectivity index is 1.79. The number of anilines is 1. The van der Waals surface area contributed by atoms with E-state index in [1.165, 1.54) is 0 Å². The molecule has 0 atom stereocenters. The topological polar surface area (TPSA) is 96.7 Å². The van der Waals surface area contributed by atoms with Gasteiger partial charge in [0.15, 0.2) is 5.82 Å². The van der Waals surface area contributed by atoms with Gasteiger partial charge >= 0.3 is 0 Å². The Labute approximate surface area is 130 Å². The molecule has 2 N–H and O–H groups in total. The van der Waals surface area contributed by atoms with Crippen LogP contribution < -0.4 is 5.32 Å². The van der Waals surface area contributed by atoms with Crippen LogP contribution in [0.5, 0.6) is 0 Å². The van der Waals surface area contributed by atoms with Gasteiger partial charge in [-0.2, -0.15) is 5.10 Å². The van der Waals surface area contributed by atoms with Crippen LogP contribution in [0.1, 0.15) is 21.7 Å². The third-order valence-electron chi connectivity index (χ3n) is 3.69. The minimum absolute atomic E-state index is 0.274. The number of fused-ring (bicyclic) bond motifs is 2. The van der Waals surface area contributed by atoms with Crippen molar-refractivity contribution in [3.63, 3.8) is 0 Å². The molecule has 0 aliphatic carbocycles. The van der Waals surface area contributed by atoms with Crippen molar-refractivity contribution < 1.29 is 9.32 Å². The summed E-state index contributed by atoms with van der Waals surface area (Å²) in [7, 11) is 0. The molecular weight excluding hydrogens is 294 g/mol. The molecule has 1 aromatic carbocycles. The van der Waals surface area contributed by atoms with Crippen LogP contribution in [0.4, 0.5) is 5.82 Å². The lowest BCUT2D eigenvalue weighted by atomic mass is 10.1. The third kappa shape index (κ3) is 2.13. The van der Waals surface area contributed by atoms with Gasteiger partial charge < -0.3 is 9.84 Å². The standard InChI is InChI=1S/C16H13N5O2/c1-8-7-11(13-9(2)21-23-16(13)17-8)15(22)18-14-10-5-3-4-6-12(10)19-20-14/h3-7H,1-2H3,(H2,18,19,20,22). The summed E-state index contributed by atoms with van der Waals surface area (Å²) in [5, 5.41) is 15.3. The first-order chi connectivity index (χ1) is 11.1. The number of pyridine rings is 1. The summed E-state index contributed by atoms with van der Waals surface area (Å²) in [6.45, 7) is 3.58. The first-order valence-electron chi connectivity index (χ1n) is 7.11. The van der Waals surface area contributed by atoms with Crippen LogP contribution in [-0.4, -0.2) is 26.2 Å². The molecule has 0 spiro atoms. The Kier molecular flexibility index (Phi) is 2.87. The second kappa shape index (κ2) is 4.91. The van der Waals surface area contributed by atoms with Crippen molar-refractivity contribution in [1.29, 1.82) is 0 Å². The highest BCUT2D eigenvalue weighted by atomic mass is 16.5. The molecule has 0 aliphatic rings. The molecule has 3 aromatic heterocycles. The predicted octanol–water partition coefficient (Wildman–Crippen LogP) is 2.97. The summed E-state index contributed by atoms with van der Waals surface area (Å²) < 4.78 is 5.16. The molecule has 7 nitrogen and oxygen atoms in total. The highest BCUT2D eigenvalue weighted by Crippen LogP contribution is 2.24. The number of amides is 1. The number of carbonyl (C=O) groups excluding carboxylic acids is 1. The summed E-state index contributed by atoms with van der Waals surface area (Å²) >= 11 is 0. The highest BCUT2D eigenvalue weighted by molar-refractivity contribution is 6.14. The molecule has 0 saturated carbocycles. The number of H-pyrrole nitrogens is 1. The maximum absolute atomic E-state index is 12.7.